The van der Waals surface area contributed by atoms with Crippen molar-refractivity contribution in [3.8, 4) is 0 Å². The Morgan fingerprint density at radius 3 is 2.75 bits per heavy atom. The second-order valence-electron chi connectivity index (χ2n) is 9.95. The molecule has 0 saturated carbocycles. The van der Waals surface area contributed by atoms with Crippen molar-refractivity contribution in [2.24, 2.45) is 11.7 Å². The molecule has 0 bridgehead atoms. The number of aryl methyl sites for hydroxylation is 1. The number of benzene rings is 1. The Labute approximate surface area is 220 Å². The topological polar surface area (TPSA) is 117 Å². The third-order valence-corrected chi connectivity index (χ3v) is 8.34. The fraction of sp³-hybridized carbons (Fsp3) is 0.560. The summed E-state index contributed by atoms with van der Waals surface area (Å²) in [7, 11) is 0. The van der Waals surface area contributed by atoms with Crippen LogP contribution in [-0.2, 0) is 0 Å². The number of hydrogen-bond acceptors (Lipinski definition) is 8. The molecular weight excluding hydrogens is 501 g/mol. The van der Waals surface area contributed by atoms with Gasteiger partial charge in [-0.3, -0.25) is 4.90 Å². The Balaban J connectivity index is 1.44. The molecule has 0 spiro atoms. The monoisotopic (exact) mass is 533 g/mol. The van der Waals surface area contributed by atoms with Crippen LogP contribution in [0.2, 0.25) is 10.0 Å². The predicted molar refractivity (Wildman–Crippen MR) is 141 cm³/mol. The first-order chi connectivity index (χ1) is 17.3. The van der Waals surface area contributed by atoms with Crippen molar-refractivity contribution < 1.29 is 10.2 Å². The Bertz CT molecular complexity index is 1240. The van der Waals surface area contributed by atoms with Crippen LogP contribution >= 0.6 is 23.2 Å². The van der Waals surface area contributed by atoms with E-state index in [9.17, 15) is 10.2 Å². The Kier molecular flexibility index (Phi) is 7.40. The molecule has 1 aromatic carbocycles. The molecule has 2 aliphatic heterocycles. The number of nitrogens with zero attached hydrogens (tertiary/aromatic N) is 6. The number of aliphatic hydroxyl groups excluding tert-OH is 2. The first-order valence-electron chi connectivity index (χ1n) is 12.5. The number of anilines is 1. The van der Waals surface area contributed by atoms with E-state index in [0.29, 0.717) is 22.2 Å². The maximum atomic E-state index is 10.5. The van der Waals surface area contributed by atoms with Crippen LogP contribution in [0.25, 0.3) is 11.2 Å². The molecule has 4 N–H and O–H groups in total. The Hall–Kier alpha value is -2.01. The number of likely N-dealkylation sites (tertiary alicyclic amines) is 1. The van der Waals surface area contributed by atoms with E-state index in [2.05, 4.69) is 9.80 Å². The summed E-state index contributed by atoms with van der Waals surface area (Å²) in [5.74, 6) is 0.559. The van der Waals surface area contributed by atoms with Crippen LogP contribution < -0.4 is 10.6 Å². The molecule has 0 amide bonds. The highest BCUT2D eigenvalue weighted by Gasteiger charge is 2.40. The van der Waals surface area contributed by atoms with Gasteiger partial charge in [0.15, 0.2) is 5.65 Å². The van der Waals surface area contributed by atoms with Crippen molar-refractivity contribution in [1.82, 2.24) is 24.6 Å². The van der Waals surface area contributed by atoms with Gasteiger partial charge in [0.25, 0.3) is 0 Å². The summed E-state index contributed by atoms with van der Waals surface area (Å²) >= 11 is 12.6. The highest BCUT2D eigenvalue weighted by atomic mass is 35.5. The third-order valence-electron chi connectivity index (χ3n) is 7.78. The molecule has 11 heteroatoms. The second kappa shape index (κ2) is 10.4. The van der Waals surface area contributed by atoms with Crippen LogP contribution in [0, 0.1) is 12.8 Å². The largest absolute Gasteiger partial charge is 0.395 e. The van der Waals surface area contributed by atoms with Crippen LogP contribution in [0.5, 0.6) is 0 Å². The van der Waals surface area contributed by atoms with Gasteiger partial charge in [0, 0.05) is 41.1 Å². The summed E-state index contributed by atoms with van der Waals surface area (Å²) in [5.41, 5.74) is 9.17. The minimum absolute atomic E-state index is 0.123. The van der Waals surface area contributed by atoms with Gasteiger partial charge in [-0.15, -0.1) is 0 Å². The number of nitrogens with two attached hydrogens (primary N) is 1. The Morgan fingerprint density at radius 2 is 2.03 bits per heavy atom. The van der Waals surface area contributed by atoms with Crippen LogP contribution in [0.1, 0.15) is 43.5 Å². The van der Waals surface area contributed by atoms with Gasteiger partial charge in [-0.2, -0.15) is 5.10 Å². The van der Waals surface area contributed by atoms with Gasteiger partial charge in [0.05, 0.1) is 24.5 Å². The van der Waals surface area contributed by atoms with Crippen molar-refractivity contribution in [3.05, 3.63) is 45.7 Å². The normalized spacial score (nSPS) is 25.0. The van der Waals surface area contributed by atoms with Crippen molar-refractivity contribution >= 4 is 40.2 Å². The van der Waals surface area contributed by atoms with E-state index in [1.165, 1.54) is 0 Å². The lowest BCUT2D eigenvalue weighted by Crippen LogP contribution is -2.58. The predicted octanol–water partition coefficient (Wildman–Crippen LogP) is 2.98. The molecule has 2 aliphatic rings. The van der Waals surface area contributed by atoms with E-state index >= 15 is 0 Å². The molecule has 5 rings (SSSR count). The zero-order valence-electron chi connectivity index (χ0n) is 20.6. The SMILES string of the molecule is Cc1nn([C@H](C)c2ccc(Cl)cc2Cl)c2nc(N3CCC(N4CCCC4CO)[C@H](C(N)O)C3)cnc12. The molecule has 194 valence electrons. The third kappa shape index (κ3) is 4.68. The van der Waals surface area contributed by atoms with E-state index in [1.807, 2.05) is 30.7 Å². The van der Waals surface area contributed by atoms with E-state index in [-0.39, 0.29) is 30.7 Å². The number of hydrogen-bond donors (Lipinski definition) is 3. The van der Waals surface area contributed by atoms with Crippen LogP contribution in [0.15, 0.2) is 24.4 Å². The molecule has 9 nitrogen and oxygen atoms in total. The second-order valence-corrected chi connectivity index (χ2v) is 10.8. The summed E-state index contributed by atoms with van der Waals surface area (Å²) in [6.45, 7) is 6.32. The van der Waals surface area contributed by atoms with Gasteiger partial charge in [0.1, 0.15) is 17.6 Å². The summed E-state index contributed by atoms with van der Waals surface area (Å²) in [4.78, 5) is 14.2. The zero-order chi connectivity index (χ0) is 25.6. The van der Waals surface area contributed by atoms with Gasteiger partial charge in [-0.1, -0.05) is 29.3 Å². The van der Waals surface area contributed by atoms with Crippen molar-refractivity contribution in [1.29, 1.82) is 0 Å². The lowest BCUT2D eigenvalue weighted by molar-refractivity contribution is 0.0133. The number of fused-ring (bicyclic) bond motifs is 1. The molecule has 0 radical (unpaired) electrons. The van der Waals surface area contributed by atoms with Gasteiger partial charge in [-0.25, -0.2) is 14.6 Å². The number of aromatic nitrogens is 4. The summed E-state index contributed by atoms with van der Waals surface area (Å²) < 4.78 is 1.86. The van der Waals surface area contributed by atoms with E-state index in [4.69, 9.17) is 44.0 Å². The highest BCUT2D eigenvalue weighted by molar-refractivity contribution is 6.35. The molecule has 2 aromatic heterocycles. The maximum Gasteiger partial charge on any atom is 0.179 e. The van der Waals surface area contributed by atoms with Crippen LogP contribution in [0.3, 0.4) is 0 Å². The molecule has 36 heavy (non-hydrogen) atoms. The van der Waals surface area contributed by atoms with E-state index in [1.54, 1.807) is 12.3 Å². The average Bonchev–Trinajstić information content (AvgIpc) is 3.47. The molecule has 0 aliphatic carbocycles. The first-order valence-corrected chi connectivity index (χ1v) is 13.3. The molecule has 2 saturated heterocycles. The maximum absolute atomic E-state index is 10.5. The molecular formula is C25H33Cl2N7O2. The minimum Gasteiger partial charge on any atom is -0.395 e. The summed E-state index contributed by atoms with van der Waals surface area (Å²) in [5, 5.41) is 26.2. The quantitative estimate of drug-likeness (QED) is 0.414. The molecule has 2 fully saturated rings. The summed E-state index contributed by atoms with van der Waals surface area (Å²) in [6, 6.07) is 5.54. The smallest absolute Gasteiger partial charge is 0.179 e. The van der Waals surface area contributed by atoms with E-state index in [0.717, 1.165) is 54.9 Å². The fourth-order valence-corrected chi connectivity index (χ4v) is 6.42. The fourth-order valence-electron chi connectivity index (χ4n) is 5.85. The Morgan fingerprint density at radius 1 is 1.22 bits per heavy atom. The number of halogens is 2. The van der Waals surface area contributed by atoms with Gasteiger partial charge >= 0.3 is 0 Å². The summed E-state index contributed by atoms with van der Waals surface area (Å²) in [6.07, 6.45) is 3.67. The number of piperidine rings is 1. The van der Waals surface area contributed by atoms with Gasteiger partial charge in [-0.05, 0) is 57.4 Å². The standard InChI is InChI=1S/C25H33Cl2N7O2/c1-14-23-25(34(31-14)15(2)18-6-5-16(26)10-20(18)27)30-22(11-29-23)32-9-7-21(19(12-32)24(28)36)33-8-3-4-17(33)13-35/h5-6,10-11,15,17,19,21,24,35-36H,3-4,7-9,12-13,28H2,1-2H3/t15-,17?,19-,21?,24?/m1/s1. The minimum atomic E-state index is -0.964. The van der Waals surface area contributed by atoms with Gasteiger partial charge in [0.2, 0.25) is 0 Å². The average molecular weight is 534 g/mol. The molecule has 3 unspecified atom stereocenters. The number of aliphatic hydroxyl groups is 2. The molecule has 3 aromatic rings. The van der Waals surface area contributed by atoms with Crippen molar-refractivity contribution in [2.45, 2.75) is 57.5 Å². The number of rotatable bonds is 6. The van der Waals surface area contributed by atoms with Gasteiger partial charge < -0.3 is 20.8 Å². The highest BCUT2D eigenvalue weighted by Crippen LogP contribution is 2.34. The van der Waals surface area contributed by atoms with Crippen LogP contribution in [-0.4, -0.2) is 79.4 Å². The zero-order valence-corrected chi connectivity index (χ0v) is 22.1. The van der Waals surface area contributed by atoms with Crippen LogP contribution in [0.4, 0.5) is 5.82 Å². The lowest BCUT2D eigenvalue weighted by atomic mass is 9.89. The van der Waals surface area contributed by atoms with Crippen molar-refractivity contribution in [3.63, 3.8) is 0 Å². The lowest BCUT2D eigenvalue weighted by Gasteiger charge is -2.45. The van der Waals surface area contributed by atoms with E-state index < -0.39 is 6.23 Å². The molecule has 4 heterocycles. The van der Waals surface area contributed by atoms with Crippen molar-refractivity contribution in [2.75, 3.05) is 31.1 Å². The molecule has 5 atom stereocenters. The first kappa shape index (κ1) is 25.6.